The number of carbonyl (C=O) groups excluding carboxylic acids is 1. The highest BCUT2D eigenvalue weighted by Crippen LogP contribution is 2.37. The lowest BCUT2D eigenvalue weighted by Crippen LogP contribution is -2.15. The number of pyridine rings is 1. The first-order valence-electron chi connectivity index (χ1n) is 7.92. The number of hydrogen-bond donors (Lipinski definition) is 1. The number of halogens is 4. The lowest BCUT2D eigenvalue weighted by molar-refractivity contribution is 0.102. The van der Waals surface area contributed by atoms with Crippen molar-refractivity contribution < 1.29 is 4.79 Å². The standard InChI is InChI=1S/C19H9Cl4N3OS/c20-13-14(21)16(26-17(23)15(13)22)18(27)24-10-6-2-1-5-9(10)19-25-11-7-3-4-8-12(11)28-19/h1-8H,(H,24,27). The van der Waals surface area contributed by atoms with Crippen molar-refractivity contribution in [1.29, 1.82) is 0 Å². The summed E-state index contributed by atoms with van der Waals surface area (Å²) < 4.78 is 1.06. The lowest BCUT2D eigenvalue weighted by atomic mass is 10.2. The van der Waals surface area contributed by atoms with Crippen molar-refractivity contribution in [2.45, 2.75) is 0 Å². The summed E-state index contributed by atoms with van der Waals surface area (Å²) in [6.07, 6.45) is 0. The number of benzene rings is 2. The number of thiazole rings is 1. The van der Waals surface area contributed by atoms with E-state index in [0.29, 0.717) is 5.69 Å². The van der Waals surface area contributed by atoms with Crippen LogP contribution >= 0.6 is 57.7 Å². The number of anilines is 1. The lowest BCUT2D eigenvalue weighted by Gasteiger charge is -2.11. The van der Waals surface area contributed by atoms with E-state index >= 15 is 0 Å². The average Bonchev–Trinajstić information content (AvgIpc) is 3.13. The summed E-state index contributed by atoms with van der Waals surface area (Å²) in [5.41, 5.74) is 2.12. The summed E-state index contributed by atoms with van der Waals surface area (Å²) in [6.45, 7) is 0. The molecule has 1 N–H and O–H groups in total. The summed E-state index contributed by atoms with van der Waals surface area (Å²) >= 11 is 25.5. The van der Waals surface area contributed by atoms with Crippen LogP contribution in [0.3, 0.4) is 0 Å². The predicted octanol–water partition coefficient (Wildman–Crippen LogP) is 7.22. The van der Waals surface area contributed by atoms with Crippen LogP contribution in [0.1, 0.15) is 10.5 Å². The molecular formula is C19H9Cl4N3OS. The van der Waals surface area contributed by atoms with Gasteiger partial charge in [0.25, 0.3) is 5.91 Å². The van der Waals surface area contributed by atoms with Crippen molar-refractivity contribution in [2.75, 3.05) is 5.32 Å². The third kappa shape index (κ3) is 3.56. The molecule has 2 aromatic carbocycles. The topological polar surface area (TPSA) is 54.9 Å². The number of hydrogen-bond acceptors (Lipinski definition) is 4. The van der Waals surface area contributed by atoms with Crippen molar-refractivity contribution in [2.24, 2.45) is 0 Å². The first-order chi connectivity index (χ1) is 13.5. The van der Waals surface area contributed by atoms with E-state index in [0.717, 1.165) is 20.8 Å². The Morgan fingerprint density at radius 3 is 2.36 bits per heavy atom. The maximum atomic E-state index is 12.8. The maximum absolute atomic E-state index is 12.8. The second-order valence-corrected chi connectivity index (χ2v) is 8.20. The first-order valence-corrected chi connectivity index (χ1v) is 10.2. The molecule has 0 unspecified atom stereocenters. The van der Waals surface area contributed by atoms with Crippen LogP contribution in [-0.2, 0) is 0 Å². The largest absolute Gasteiger partial charge is 0.320 e. The second-order valence-electron chi connectivity index (χ2n) is 5.68. The SMILES string of the molecule is O=C(Nc1ccccc1-c1nc2ccccc2s1)c1nc(Cl)c(Cl)c(Cl)c1Cl. The average molecular weight is 469 g/mol. The maximum Gasteiger partial charge on any atom is 0.275 e. The van der Waals surface area contributed by atoms with Crippen LogP contribution in [0, 0.1) is 0 Å². The molecule has 0 bridgehead atoms. The third-order valence-electron chi connectivity index (χ3n) is 3.90. The summed E-state index contributed by atoms with van der Waals surface area (Å²) in [5, 5.41) is 3.40. The minimum atomic E-state index is -0.556. The molecule has 2 heterocycles. The van der Waals surface area contributed by atoms with Crippen molar-refractivity contribution in [1.82, 2.24) is 9.97 Å². The minimum Gasteiger partial charge on any atom is -0.320 e. The number of carbonyl (C=O) groups is 1. The zero-order chi connectivity index (χ0) is 19.8. The van der Waals surface area contributed by atoms with Gasteiger partial charge in [0.1, 0.15) is 15.9 Å². The number of nitrogens with zero attached hydrogens (tertiary/aromatic N) is 2. The quantitative estimate of drug-likeness (QED) is 0.323. The molecule has 140 valence electrons. The first kappa shape index (κ1) is 19.4. The molecule has 0 radical (unpaired) electrons. The fourth-order valence-electron chi connectivity index (χ4n) is 2.59. The highest BCUT2D eigenvalue weighted by atomic mass is 35.5. The molecule has 2 aromatic heterocycles. The third-order valence-corrected chi connectivity index (χ3v) is 6.65. The molecule has 28 heavy (non-hydrogen) atoms. The molecule has 0 fully saturated rings. The van der Waals surface area contributed by atoms with Crippen LogP contribution in [0.5, 0.6) is 0 Å². The zero-order valence-electron chi connectivity index (χ0n) is 13.8. The molecule has 0 aliphatic heterocycles. The fraction of sp³-hybridized carbons (Fsp3) is 0. The van der Waals surface area contributed by atoms with Crippen LogP contribution in [0.25, 0.3) is 20.8 Å². The van der Waals surface area contributed by atoms with Gasteiger partial charge in [-0.15, -0.1) is 11.3 Å². The molecule has 4 rings (SSSR count). The molecule has 0 atom stereocenters. The number of amides is 1. The van der Waals surface area contributed by atoms with Gasteiger partial charge in [-0.05, 0) is 24.3 Å². The van der Waals surface area contributed by atoms with Crippen molar-refractivity contribution in [3.63, 3.8) is 0 Å². The molecule has 4 nitrogen and oxygen atoms in total. The van der Waals surface area contributed by atoms with Gasteiger partial charge in [-0.1, -0.05) is 70.7 Å². The number of nitrogens with one attached hydrogen (secondary N) is 1. The van der Waals surface area contributed by atoms with Crippen molar-refractivity contribution >= 4 is 79.6 Å². The highest BCUT2D eigenvalue weighted by molar-refractivity contribution is 7.21. The number of para-hydroxylation sites is 2. The highest BCUT2D eigenvalue weighted by Gasteiger charge is 2.21. The Bertz CT molecular complexity index is 1190. The summed E-state index contributed by atoms with van der Waals surface area (Å²) in [6, 6.07) is 15.2. The minimum absolute atomic E-state index is 0.000223. The van der Waals surface area contributed by atoms with Crippen LogP contribution in [0.2, 0.25) is 20.2 Å². The Morgan fingerprint density at radius 1 is 0.857 bits per heavy atom. The molecule has 0 saturated carbocycles. The van der Waals surface area contributed by atoms with Gasteiger partial charge < -0.3 is 5.32 Å². The van der Waals surface area contributed by atoms with Crippen molar-refractivity contribution in [3.8, 4) is 10.6 Å². The van der Waals surface area contributed by atoms with Gasteiger partial charge in [0.2, 0.25) is 0 Å². The van der Waals surface area contributed by atoms with Gasteiger partial charge in [-0.25, -0.2) is 9.97 Å². The van der Waals surface area contributed by atoms with Gasteiger partial charge in [0.15, 0.2) is 0 Å². The molecule has 4 aromatic rings. The van der Waals surface area contributed by atoms with E-state index in [1.54, 1.807) is 6.07 Å². The van der Waals surface area contributed by atoms with Gasteiger partial charge >= 0.3 is 0 Å². The van der Waals surface area contributed by atoms with Crippen LogP contribution in [0.4, 0.5) is 5.69 Å². The van der Waals surface area contributed by atoms with Crippen LogP contribution < -0.4 is 5.32 Å². The van der Waals surface area contributed by atoms with E-state index in [-0.39, 0.29) is 25.9 Å². The van der Waals surface area contributed by atoms with Crippen molar-refractivity contribution in [3.05, 3.63) is 74.4 Å². The molecular weight excluding hydrogens is 460 g/mol. The predicted molar refractivity (Wildman–Crippen MR) is 117 cm³/mol. The molecule has 0 aliphatic carbocycles. The fourth-order valence-corrected chi connectivity index (χ4v) is 4.40. The Hall–Kier alpha value is -1.89. The Labute approximate surface area is 184 Å². The zero-order valence-corrected chi connectivity index (χ0v) is 17.7. The van der Waals surface area contributed by atoms with E-state index in [1.165, 1.54) is 11.3 Å². The number of rotatable bonds is 3. The van der Waals surface area contributed by atoms with Crippen LogP contribution in [0.15, 0.2) is 48.5 Å². The molecule has 0 aliphatic rings. The molecule has 0 saturated heterocycles. The number of aromatic nitrogens is 2. The van der Waals surface area contributed by atoms with E-state index < -0.39 is 5.91 Å². The summed E-state index contributed by atoms with van der Waals surface area (Å²) in [7, 11) is 0. The normalized spacial score (nSPS) is 11.0. The molecule has 0 spiro atoms. The summed E-state index contributed by atoms with van der Waals surface area (Å²) in [5.74, 6) is -0.556. The Kier molecular flexibility index (Phi) is 5.45. The van der Waals surface area contributed by atoms with Crippen LogP contribution in [-0.4, -0.2) is 15.9 Å². The summed E-state index contributed by atoms with van der Waals surface area (Å²) in [4.78, 5) is 21.4. The van der Waals surface area contributed by atoms with Gasteiger partial charge in [0.05, 0.1) is 31.0 Å². The van der Waals surface area contributed by atoms with E-state index in [2.05, 4.69) is 15.3 Å². The molecule has 9 heteroatoms. The van der Waals surface area contributed by atoms with Gasteiger partial charge in [0, 0.05) is 5.56 Å². The van der Waals surface area contributed by atoms with Gasteiger partial charge in [-0.3, -0.25) is 4.79 Å². The van der Waals surface area contributed by atoms with Gasteiger partial charge in [-0.2, -0.15) is 0 Å². The molecule has 1 amide bonds. The second kappa shape index (κ2) is 7.85. The van der Waals surface area contributed by atoms with E-state index in [9.17, 15) is 4.79 Å². The van der Waals surface area contributed by atoms with E-state index in [1.807, 2.05) is 42.5 Å². The Balaban J connectivity index is 1.73. The number of fused-ring (bicyclic) bond motifs is 1. The van der Waals surface area contributed by atoms with E-state index in [4.69, 9.17) is 46.4 Å². The monoisotopic (exact) mass is 467 g/mol. The Morgan fingerprint density at radius 2 is 1.57 bits per heavy atom. The smallest absolute Gasteiger partial charge is 0.275 e.